The molecule has 0 amide bonds. The van der Waals surface area contributed by atoms with E-state index in [0.29, 0.717) is 35.0 Å². The van der Waals surface area contributed by atoms with Crippen LogP contribution in [0, 0.1) is 0 Å². The highest BCUT2D eigenvalue weighted by atomic mass is 16.5. The van der Waals surface area contributed by atoms with Crippen LogP contribution in [-0.2, 0) is 4.79 Å². The van der Waals surface area contributed by atoms with E-state index in [9.17, 15) is 9.59 Å². The van der Waals surface area contributed by atoms with Gasteiger partial charge in [0.05, 0.1) is 12.0 Å². The van der Waals surface area contributed by atoms with Gasteiger partial charge >= 0.3 is 5.97 Å². The summed E-state index contributed by atoms with van der Waals surface area (Å²) < 4.78 is 17.6. The minimum absolute atomic E-state index is 0.107. The predicted octanol–water partition coefficient (Wildman–Crippen LogP) is 5.09. The monoisotopic (exact) mass is 439 g/mol. The molecule has 0 spiro atoms. The molecule has 0 saturated carbocycles. The molecule has 3 heterocycles. The van der Waals surface area contributed by atoms with Crippen molar-refractivity contribution in [3.63, 3.8) is 0 Å². The molecule has 3 aromatic rings. The Hall–Kier alpha value is -4.19. The maximum Gasteiger partial charge on any atom is 0.312 e. The van der Waals surface area contributed by atoms with Gasteiger partial charge in [-0.25, -0.2) is 0 Å². The third kappa shape index (κ3) is 3.91. The topological polar surface area (TPSA) is 74.7 Å². The molecule has 0 radical (unpaired) electrons. The van der Waals surface area contributed by atoms with Gasteiger partial charge in [0, 0.05) is 29.4 Å². The number of benzene rings is 2. The second-order valence-electron chi connectivity index (χ2n) is 8.09. The lowest BCUT2D eigenvalue weighted by molar-refractivity contribution is -0.135. The SMILES string of the molecule is C=C(C)COc1ccccc1[C@H]1CC(=O)Oc2ccc3c(c21)O/C(=C\c1cccnc1)C3=O. The fraction of sp³-hybridized carbons (Fsp3) is 0.148. The summed E-state index contributed by atoms with van der Waals surface area (Å²) in [6, 6.07) is 14.5. The second-order valence-corrected chi connectivity index (χ2v) is 8.09. The highest BCUT2D eigenvalue weighted by Crippen LogP contribution is 2.50. The number of nitrogens with zero attached hydrogens (tertiary/aromatic N) is 1. The van der Waals surface area contributed by atoms with Gasteiger partial charge in [0.25, 0.3) is 0 Å². The molecule has 5 rings (SSSR count). The average Bonchev–Trinajstić information content (AvgIpc) is 3.13. The molecule has 6 heteroatoms. The lowest BCUT2D eigenvalue weighted by Gasteiger charge is -2.27. The standard InChI is InChI=1S/C27H21NO5/c1-16(2)15-31-21-8-4-3-7-18(21)20-13-24(29)32-22-10-9-19-26(30)23(33-27(19)25(20)22)12-17-6-5-11-28-14-17/h3-12,14,20H,1,13,15H2,2H3/b23-12-/t20-/m1/s1. The van der Waals surface area contributed by atoms with Crippen LogP contribution < -0.4 is 14.2 Å². The number of hydrogen-bond acceptors (Lipinski definition) is 6. The highest BCUT2D eigenvalue weighted by molar-refractivity contribution is 6.15. The second kappa shape index (κ2) is 8.39. The number of ether oxygens (including phenoxy) is 3. The molecule has 0 N–H and O–H groups in total. The Bertz CT molecular complexity index is 1310. The summed E-state index contributed by atoms with van der Waals surface area (Å²) in [6.07, 6.45) is 5.09. The minimum atomic E-state index is -0.386. The number of fused-ring (bicyclic) bond motifs is 3. The van der Waals surface area contributed by atoms with E-state index in [4.69, 9.17) is 14.2 Å². The number of allylic oxidation sites excluding steroid dienone is 1. The van der Waals surface area contributed by atoms with E-state index in [1.165, 1.54) is 0 Å². The van der Waals surface area contributed by atoms with Crippen molar-refractivity contribution in [1.29, 1.82) is 0 Å². The van der Waals surface area contributed by atoms with Crippen molar-refractivity contribution in [3.8, 4) is 17.2 Å². The first kappa shape index (κ1) is 20.7. The molecule has 0 unspecified atom stereocenters. The first-order chi connectivity index (χ1) is 16.0. The fourth-order valence-electron chi connectivity index (χ4n) is 4.09. The van der Waals surface area contributed by atoms with Crippen molar-refractivity contribution in [2.45, 2.75) is 19.3 Å². The van der Waals surface area contributed by atoms with Crippen LogP contribution in [0.2, 0.25) is 0 Å². The van der Waals surface area contributed by atoms with Gasteiger partial charge in [-0.15, -0.1) is 0 Å². The minimum Gasteiger partial charge on any atom is -0.489 e. The number of esters is 1. The molecule has 2 aliphatic heterocycles. The third-order valence-electron chi connectivity index (χ3n) is 5.53. The van der Waals surface area contributed by atoms with Crippen molar-refractivity contribution in [2.75, 3.05) is 6.61 Å². The Labute approximate surface area is 191 Å². The molecule has 164 valence electrons. The number of pyridine rings is 1. The summed E-state index contributed by atoms with van der Waals surface area (Å²) in [5, 5.41) is 0. The van der Waals surface area contributed by atoms with Gasteiger partial charge < -0.3 is 14.2 Å². The summed E-state index contributed by atoms with van der Waals surface area (Å²) in [5.41, 5.74) is 3.57. The van der Waals surface area contributed by atoms with Gasteiger partial charge in [0.1, 0.15) is 23.9 Å². The normalized spacial score (nSPS) is 17.7. The van der Waals surface area contributed by atoms with E-state index in [0.717, 1.165) is 16.7 Å². The molecule has 6 nitrogen and oxygen atoms in total. The molecule has 33 heavy (non-hydrogen) atoms. The van der Waals surface area contributed by atoms with Crippen LogP contribution in [0.15, 0.2) is 78.8 Å². The summed E-state index contributed by atoms with van der Waals surface area (Å²) in [4.78, 5) is 29.6. The highest BCUT2D eigenvalue weighted by Gasteiger charge is 2.39. The Morgan fingerprint density at radius 2 is 2.00 bits per heavy atom. The van der Waals surface area contributed by atoms with Crippen LogP contribution in [0.4, 0.5) is 0 Å². The van der Waals surface area contributed by atoms with Crippen molar-refractivity contribution >= 4 is 17.8 Å². The van der Waals surface area contributed by atoms with E-state index in [-0.39, 0.29) is 29.9 Å². The van der Waals surface area contributed by atoms with E-state index < -0.39 is 0 Å². The number of hydrogen-bond donors (Lipinski definition) is 0. The molecule has 0 saturated heterocycles. The number of carbonyl (C=O) groups is 2. The lowest BCUT2D eigenvalue weighted by Crippen LogP contribution is -2.22. The first-order valence-electron chi connectivity index (χ1n) is 10.6. The summed E-state index contributed by atoms with van der Waals surface area (Å²) in [7, 11) is 0. The van der Waals surface area contributed by atoms with Gasteiger partial charge in [-0.3, -0.25) is 14.6 Å². The van der Waals surface area contributed by atoms with E-state index >= 15 is 0 Å². The Morgan fingerprint density at radius 3 is 2.79 bits per heavy atom. The molecule has 0 fully saturated rings. The van der Waals surface area contributed by atoms with Crippen molar-refractivity contribution in [1.82, 2.24) is 4.98 Å². The Balaban J connectivity index is 1.60. The molecule has 2 aromatic carbocycles. The molecule has 2 aliphatic rings. The van der Waals surface area contributed by atoms with Crippen molar-refractivity contribution < 1.29 is 23.8 Å². The zero-order valence-corrected chi connectivity index (χ0v) is 18.0. The predicted molar refractivity (Wildman–Crippen MR) is 122 cm³/mol. The lowest BCUT2D eigenvalue weighted by atomic mass is 9.84. The first-order valence-corrected chi connectivity index (χ1v) is 10.6. The van der Waals surface area contributed by atoms with Crippen LogP contribution in [0.3, 0.4) is 0 Å². The molecular formula is C27H21NO5. The van der Waals surface area contributed by atoms with Gasteiger partial charge in [0.2, 0.25) is 5.78 Å². The molecule has 1 atom stereocenters. The van der Waals surface area contributed by atoms with Gasteiger partial charge in [-0.05, 0) is 48.4 Å². The average molecular weight is 439 g/mol. The summed E-state index contributed by atoms with van der Waals surface area (Å²) >= 11 is 0. The van der Waals surface area contributed by atoms with Gasteiger partial charge in [0.15, 0.2) is 5.76 Å². The zero-order valence-electron chi connectivity index (χ0n) is 18.0. The van der Waals surface area contributed by atoms with Crippen LogP contribution in [0.25, 0.3) is 6.08 Å². The largest absolute Gasteiger partial charge is 0.489 e. The Morgan fingerprint density at radius 1 is 1.15 bits per heavy atom. The van der Waals surface area contributed by atoms with E-state index in [1.807, 2.05) is 37.3 Å². The molecular weight excluding hydrogens is 418 g/mol. The maximum atomic E-state index is 13.1. The van der Waals surface area contributed by atoms with Crippen LogP contribution in [0.1, 0.15) is 46.3 Å². The number of para-hydroxylation sites is 1. The summed E-state index contributed by atoms with van der Waals surface area (Å²) in [6.45, 7) is 6.14. The maximum absolute atomic E-state index is 13.1. The number of Topliss-reactive ketones (excluding diaryl/α,β-unsaturated/α-hetero) is 1. The number of aromatic nitrogens is 1. The molecule has 0 aliphatic carbocycles. The van der Waals surface area contributed by atoms with Gasteiger partial charge in [-0.1, -0.05) is 30.8 Å². The van der Waals surface area contributed by atoms with E-state index in [2.05, 4.69) is 11.6 Å². The molecule has 1 aromatic heterocycles. The van der Waals surface area contributed by atoms with Crippen molar-refractivity contribution in [3.05, 3.63) is 101 Å². The number of rotatable bonds is 5. The Kier molecular flexibility index (Phi) is 5.26. The van der Waals surface area contributed by atoms with Crippen LogP contribution >= 0.6 is 0 Å². The van der Waals surface area contributed by atoms with Crippen LogP contribution in [0.5, 0.6) is 17.2 Å². The zero-order chi connectivity index (χ0) is 22.9. The smallest absolute Gasteiger partial charge is 0.312 e. The number of ketones is 1. The fourth-order valence-corrected chi connectivity index (χ4v) is 4.09. The summed E-state index contributed by atoms with van der Waals surface area (Å²) in [5.74, 6) is 0.702. The third-order valence-corrected chi connectivity index (χ3v) is 5.53. The number of carbonyl (C=O) groups excluding carboxylic acids is 2. The quantitative estimate of drug-likeness (QED) is 0.239. The van der Waals surface area contributed by atoms with Gasteiger partial charge in [-0.2, -0.15) is 0 Å². The van der Waals surface area contributed by atoms with Crippen LogP contribution in [-0.4, -0.2) is 23.3 Å². The molecule has 0 bridgehead atoms. The van der Waals surface area contributed by atoms with E-state index in [1.54, 1.807) is 36.7 Å². The van der Waals surface area contributed by atoms with Crippen molar-refractivity contribution in [2.24, 2.45) is 0 Å².